The summed E-state index contributed by atoms with van der Waals surface area (Å²) in [5, 5.41) is 11.6. The van der Waals surface area contributed by atoms with Crippen LogP contribution in [0, 0.1) is 6.92 Å². The maximum Gasteiger partial charge on any atom is 0.232 e. The second-order valence-corrected chi connectivity index (χ2v) is 9.42. The molecule has 5 nitrogen and oxygen atoms in total. The van der Waals surface area contributed by atoms with Gasteiger partial charge in [-0.15, -0.1) is 0 Å². The number of aryl methyl sites for hydroxylation is 1. The van der Waals surface area contributed by atoms with Crippen molar-refractivity contribution in [3.63, 3.8) is 0 Å². The van der Waals surface area contributed by atoms with Crippen molar-refractivity contribution >= 4 is 40.7 Å². The number of ketones is 1. The van der Waals surface area contributed by atoms with Crippen LogP contribution in [0.15, 0.2) is 60.4 Å². The van der Waals surface area contributed by atoms with E-state index in [2.05, 4.69) is 21.9 Å². The number of para-hydroxylation sites is 1. The molecule has 1 fully saturated rings. The van der Waals surface area contributed by atoms with Crippen molar-refractivity contribution < 1.29 is 14.6 Å². The van der Waals surface area contributed by atoms with Crippen LogP contribution in [0.3, 0.4) is 0 Å². The lowest BCUT2D eigenvalue weighted by Gasteiger charge is -2.36. The summed E-state index contributed by atoms with van der Waals surface area (Å²) in [7, 11) is 0. The van der Waals surface area contributed by atoms with Crippen LogP contribution in [0.1, 0.15) is 27.0 Å². The Morgan fingerprint density at radius 1 is 1.00 bits per heavy atom. The highest BCUT2D eigenvalue weighted by Crippen LogP contribution is 2.42. The predicted molar refractivity (Wildman–Crippen MR) is 136 cm³/mol. The first kappa shape index (κ1) is 22.8. The highest BCUT2D eigenvalue weighted by molar-refractivity contribution is 6.42. The number of fused-ring (bicyclic) bond motifs is 1. The molecule has 1 saturated heterocycles. The molecule has 0 unspecified atom stereocenters. The van der Waals surface area contributed by atoms with Gasteiger partial charge in [0, 0.05) is 38.4 Å². The van der Waals surface area contributed by atoms with Gasteiger partial charge in [-0.1, -0.05) is 47.5 Å². The number of piperazine rings is 1. The average molecular weight is 495 g/mol. The van der Waals surface area contributed by atoms with Crippen molar-refractivity contribution in [3.8, 4) is 11.5 Å². The van der Waals surface area contributed by atoms with Gasteiger partial charge in [-0.25, -0.2) is 0 Å². The number of rotatable bonds is 4. The minimum atomic E-state index is -0.200. The summed E-state index contributed by atoms with van der Waals surface area (Å²) in [4.78, 5) is 17.8. The summed E-state index contributed by atoms with van der Waals surface area (Å²) in [6, 6.07) is 17.2. The molecular formula is C27H24Cl2N2O3. The molecule has 0 aromatic heterocycles. The highest BCUT2D eigenvalue weighted by atomic mass is 35.5. The Bertz CT molecular complexity index is 1280. The standard InChI is InChI=1S/C27H24Cl2N2O3/c1-17-13-23(32)20(16-30-9-11-31(12-10-30)19-5-3-2-4-6-19)27-25(17)26(33)24(34-27)15-18-7-8-21(28)22(29)14-18/h2-8,13-15,32H,9-12,16H2,1H3/b24-15-. The van der Waals surface area contributed by atoms with E-state index in [0.29, 0.717) is 44.6 Å². The van der Waals surface area contributed by atoms with E-state index >= 15 is 0 Å². The Kier molecular flexibility index (Phi) is 6.26. The van der Waals surface area contributed by atoms with Crippen molar-refractivity contribution in [1.82, 2.24) is 4.90 Å². The molecule has 0 spiro atoms. The molecule has 7 heteroatoms. The number of nitrogens with zero attached hydrogens (tertiary/aromatic N) is 2. The Labute approximate surface area is 208 Å². The number of phenolic OH excluding ortho intramolecular Hbond substituents is 1. The molecular weight excluding hydrogens is 471 g/mol. The fourth-order valence-electron chi connectivity index (χ4n) is 4.51. The fraction of sp³-hybridized carbons (Fsp3) is 0.222. The molecule has 1 N–H and O–H groups in total. The number of carbonyl (C=O) groups excluding carboxylic acids is 1. The van der Waals surface area contributed by atoms with Crippen molar-refractivity contribution in [2.24, 2.45) is 0 Å². The van der Waals surface area contributed by atoms with Crippen LogP contribution in [0.4, 0.5) is 5.69 Å². The summed E-state index contributed by atoms with van der Waals surface area (Å²) in [6.45, 7) is 5.78. The van der Waals surface area contributed by atoms with Gasteiger partial charge < -0.3 is 14.7 Å². The summed E-state index contributed by atoms with van der Waals surface area (Å²) in [5.74, 6) is 0.593. The number of Topliss-reactive ketones (excluding diaryl/α,β-unsaturated/α-hetero) is 1. The SMILES string of the molecule is Cc1cc(O)c(CN2CCN(c3ccccc3)CC2)c2c1C(=O)/C(=C/c1ccc(Cl)c(Cl)c1)O2. The Balaban J connectivity index is 1.38. The van der Waals surface area contributed by atoms with E-state index < -0.39 is 0 Å². The number of hydrogen-bond donors (Lipinski definition) is 1. The zero-order valence-corrected chi connectivity index (χ0v) is 20.2. The molecule has 34 heavy (non-hydrogen) atoms. The molecule has 0 radical (unpaired) electrons. The fourth-order valence-corrected chi connectivity index (χ4v) is 4.82. The van der Waals surface area contributed by atoms with Gasteiger partial charge in [0.05, 0.1) is 21.2 Å². The van der Waals surface area contributed by atoms with Crippen LogP contribution in [0.2, 0.25) is 10.0 Å². The van der Waals surface area contributed by atoms with Gasteiger partial charge in [0.1, 0.15) is 11.5 Å². The van der Waals surface area contributed by atoms with E-state index in [-0.39, 0.29) is 17.3 Å². The normalized spacial score (nSPS) is 17.2. The third kappa shape index (κ3) is 4.39. The molecule has 2 aliphatic rings. The van der Waals surface area contributed by atoms with Crippen LogP contribution >= 0.6 is 23.2 Å². The van der Waals surface area contributed by atoms with Gasteiger partial charge >= 0.3 is 0 Å². The maximum absolute atomic E-state index is 13.2. The average Bonchev–Trinajstić information content (AvgIpc) is 3.16. The van der Waals surface area contributed by atoms with E-state index in [1.165, 1.54) is 5.69 Å². The Hall–Kier alpha value is -2.99. The summed E-state index contributed by atoms with van der Waals surface area (Å²) in [6.07, 6.45) is 1.66. The molecule has 0 atom stereocenters. The summed E-state index contributed by atoms with van der Waals surface area (Å²) >= 11 is 12.1. The van der Waals surface area contributed by atoms with Crippen LogP contribution in [0.25, 0.3) is 6.08 Å². The lowest BCUT2D eigenvalue weighted by Crippen LogP contribution is -2.46. The molecule has 3 aromatic carbocycles. The molecule has 174 valence electrons. The van der Waals surface area contributed by atoms with Gasteiger partial charge in [-0.05, 0) is 54.5 Å². The minimum absolute atomic E-state index is 0.144. The number of anilines is 1. The molecule has 0 bridgehead atoms. The highest BCUT2D eigenvalue weighted by Gasteiger charge is 2.34. The van der Waals surface area contributed by atoms with Gasteiger partial charge in [-0.2, -0.15) is 0 Å². The number of phenols is 1. The second kappa shape index (κ2) is 9.34. The third-order valence-corrected chi connectivity index (χ3v) is 7.08. The van der Waals surface area contributed by atoms with Gasteiger partial charge in [-0.3, -0.25) is 9.69 Å². The van der Waals surface area contributed by atoms with E-state index in [0.717, 1.165) is 26.2 Å². The van der Waals surface area contributed by atoms with E-state index in [1.54, 1.807) is 30.3 Å². The van der Waals surface area contributed by atoms with Crippen molar-refractivity contribution in [1.29, 1.82) is 0 Å². The van der Waals surface area contributed by atoms with Crippen molar-refractivity contribution in [3.05, 3.63) is 92.7 Å². The number of ether oxygens (including phenoxy) is 1. The number of allylic oxidation sites excluding steroid dienone is 1. The van der Waals surface area contributed by atoms with E-state index in [4.69, 9.17) is 27.9 Å². The number of benzene rings is 3. The first-order valence-electron chi connectivity index (χ1n) is 11.2. The second-order valence-electron chi connectivity index (χ2n) is 8.61. The Morgan fingerprint density at radius 2 is 1.74 bits per heavy atom. The van der Waals surface area contributed by atoms with Gasteiger partial charge in [0.2, 0.25) is 5.78 Å². The number of carbonyl (C=O) groups is 1. The number of halogens is 2. The van der Waals surface area contributed by atoms with Crippen LogP contribution in [-0.4, -0.2) is 42.0 Å². The summed E-state index contributed by atoms with van der Waals surface area (Å²) < 4.78 is 6.06. The van der Waals surface area contributed by atoms with Gasteiger partial charge in [0.15, 0.2) is 5.76 Å². The van der Waals surface area contributed by atoms with Crippen LogP contribution in [0.5, 0.6) is 11.5 Å². The van der Waals surface area contributed by atoms with E-state index in [9.17, 15) is 9.90 Å². The zero-order chi connectivity index (χ0) is 23.8. The van der Waals surface area contributed by atoms with Gasteiger partial charge in [0.25, 0.3) is 0 Å². The van der Waals surface area contributed by atoms with Crippen LogP contribution < -0.4 is 9.64 Å². The quantitative estimate of drug-likeness (QED) is 0.454. The van der Waals surface area contributed by atoms with E-state index in [1.807, 2.05) is 25.1 Å². The Morgan fingerprint density at radius 3 is 2.44 bits per heavy atom. The topological polar surface area (TPSA) is 53.0 Å². The zero-order valence-electron chi connectivity index (χ0n) is 18.7. The molecule has 3 aromatic rings. The smallest absolute Gasteiger partial charge is 0.232 e. The number of aromatic hydroxyl groups is 1. The first-order chi connectivity index (χ1) is 16.4. The lowest BCUT2D eigenvalue weighted by atomic mass is 9.99. The van der Waals surface area contributed by atoms with Crippen molar-refractivity contribution in [2.75, 3.05) is 31.1 Å². The molecule has 0 aliphatic carbocycles. The molecule has 5 rings (SSSR count). The molecule has 2 aliphatic heterocycles. The summed E-state index contributed by atoms with van der Waals surface area (Å²) in [5.41, 5.74) is 3.76. The minimum Gasteiger partial charge on any atom is -0.507 e. The first-order valence-corrected chi connectivity index (χ1v) is 11.9. The van der Waals surface area contributed by atoms with Crippen LogP contribution in [-0.2, 0) is 6.54 Å². The predicted octanol–water partition coefficient (Wildman–Crippen LogP) is 5.95. The maximum atomic E-state index is 13.2. The largest absolute Gasteiger partial charge is 0.507 e. The molecule has 0 saturated carbocycles. The molecule has 2 heterocycles. The third-order valence-electron chi connectivity index (χ3n) is 6.34. The number of hydrogen-bond acceptors (Lipinski definition) is 5. The van der Waals surface area contributed by atoms with Crippen molar-refractivity contribution in [2.45, 2.75) is 13.5 Å². The molecule has 0 amide bonds. The lowest BCUT2D eigenvalue weighted by molar-refractivity contribution is 0.101. The monoisotopic (exact) mass is 494 g/mol.